The predicted molar refractivity (Wildman–Crippen MR) is 132 cm³/mol. The van der Waals surface area contributed by atoms with Crippen LogP contribution in [0.2, 0.25) is 0 Å². The Morgan fingerprint density at radius 3 is 2.28 bits per heavy atom. The number of urea groups is 1. The molecule has 8 nitrogen and oxygen atoms in total. The van der Waals surface area contributed by atoms with Crippen LogP contribution in [-0.4, -0.2) is 30.4 Å². The number of carbonyl (C=O) groups excluding carboxylic acids is 1. The van der Waals surface area contributed by atoms with Crippen molar-refractivity contribution in [3.8, 4) is 22.9 Å². The quantitative estimate of drug-likeness (QED) is 0.382. The van der Waals surface area contributed by atoms with E-state index in [-0.39, 0.29) is 11.9 Å². The Hall–Kier alpha value is -4.66. The van der Waals surface area contributed by atoms with E-state index in [9.17, 15) is 9.18 Å². The molecule has 1 N–H and O–H groups in total. The minimum atomic E-state index is -0.702. The number of methoxy groups -OCH3 is 2. The fourth-order valence-corrected chi connectivity index (χ4v) is 4.19. The molecule has 0 aliphatic carbocycles. The molecule has 1 aromatic heterocycles. The number of benzene rings is 3. The lowest BCUT2D eigenvalue weighted by atomic mass is 9.94. The van der Waals surface area contributed by atoms with E-state index in [0.29, 0.717) is 39.8 Å². The molecule has 0 spiro atoms. The molecule has 36 heavy (non-hydrogen) atoms. The second kappa shape index (κ2) is 9.53. The van der Waals surface area contributed by atoms with Gasteiger partial charge in [-0.25, -0.2) is 9.18 Å². The summed E-state index contributed by atoms with van der Waals surface area (Å²) in [6.45, 7) is 1.79. The van der Waals surface area contributed by atoms with Gasteiger partial charge in [-0.1, -0.05) is 17.3 Å². The predicted octanol–water partition coefficient (Wildman–Crippen LogP) is 5.60. The van der Waals surface area contributed by atoms with Crippen LogP contribution >= 0.6 is 0 Å². The average molecular weight is 487 g/mol. The van der Waals surface area contributed by atoms with E-state index in [0.717, 1.165) is 5.56 Å². The van der Waals surface area contributed by atoms with Gasteiger partial charge in [-0.2, -0.15) is 4.98 Å². The van der Waals surface area contributed by atoms with Crippen molar-refractivity contribution >= 4 is 17.3 Å². The summed E-state index contributed by atoms with van der Waals surface area (Å²) < 4.78 is 30.3. The first kappa shape index (κ1) is 23.1. The molecule has 1 aliphatic heterocycles. The van der Waals surface area contributed by atoms with Crippen molar-refractivity contribution in [1.82, 2.24) is 15.5 Å². The van der Waals surface area contributed by atoms with Gasteiger partial charge in [-0.15, -0.1) is 0 Å². The summed E-state index contributed by atoms with van der Waals surface area (Å²) in [5.41, 5.74) is 3.04. The van der Waals surface area contributed by atoms with Gasteiger partial charge in [0.2, 0.25) is 5.82 Å². The maximum Gasteiger partial charge on any atom is 0.326 e. The van der Waals surface area contributed by atoms with Crippen molar-refractivity contribution in [2.75, 3.05) is 19.1 Å². The largest absolute Gasteiger partial charge is 0.497 e. The molecule has 182 valence electrons. The molecule has 1 aliphatic rings. The molecule has 3 aromatic carbocycles. The highest BCUT2D eigenvalue weighted by Crippen LogP contribution is 2.39. The number of ether oxygens (including phenoxy) is 2. The smallest absolute Gasteiger partial charge is 0.326 e. The van der Waals surface area contributed by atoms with Crippen LogP contribution in [0.4, 0.5) is 14.9 Å². The van der Waals surface area contributed by atoms with Crippen molar-refractivity contribution in [2.45, 2.75) is 13.0 Å². The Kier molecular flexibility index (Phi) is 6.12. The summed E-state index contributed by atoms with van der Waals surface area (Å²) in [5, 5.41) is 7.12. The summed E-state index contributed by atoms with van der Waals surface area (Å²) in [6, 6.07) is 19.3. The van der Waals surface area contributed by atoms with E-state index >= 15 is 0 Å². The molecule has 0 saturated heterocycles. The van der Waals surface area contributed by atoms with Crippen LogP contribution in [0.1, 0.15) is 24.4 Å². The van der Waals surface area contributed by atoms with Gasteiger partial charge < -0.3 is 19.3 Å². The number of aromatic nitrogens is 2. The Bertz CT molecular complexity index is 1430. The fourth-order valence-electron chi connectivity index (χ4n) is 4.19. The Balaban J connectivity index is 1.62. The zero-order chi connectivity index (χ0) is 25.2. The fraction of sp³-hybridized carbons (Fsp3) is 0.148. The van der Waals surface area contributed by atoms with E-state index in [4.69, 9.17) is 14.0 Å². The van der Waals surface area contributed by atoms with Crippen molar-refractivity contribution < 1.29 is 23.2 Å². The minimum Gasteiger partial charge on any atom is -0.497 e. The van der Waals surface area contributed by atoms with E-state index in [2.05, 4.69) is 15.5 Å². The average Bonchev–Trinajstić information content (AvgIpc) is 3.38. The van der Waals surface area contributed by atoms with Crippen LogP contribution in [0.15, 0.2) is 83.0 Å². The number of amides is 2. The third kappa shape index (κ3) is 4.26. The van der Waals surface area contributed by atoms with Crippen molar-refractivity contribution in [3.05, 3.63) is 95.8 Å². The van der Waals surface area contributed by atoms with Crippen LogP contribution in [-0.2, 0) is 0 Å². The van der Waals surface area contributed by atoms with Crippen LogP contribution in [0.5, 0.6) is 11.5 Å². The van der Waals surface area contributed by atoms with Crippen LogP contribution in [0, 0.1) is 5.82 Å². The number of nitrogens with zero attached hydrogens (tertiary/aromatic N) is 3. The minimum absolute atomic E-state index is 0.214. The molecule has 1 unspecified atom stereocenters. The molecule has 9 heteroatoms. The van der Waals surface area contributed by atoms with Gasteiger partial charge in [0.1, 0.15) is 17.3 Å². The monoisotopic (exact) mass is 486 g/mol. The van der Waals surface area contributed by atoms with E-state index < -0.39 is 11.9 Å². The summed E-state index contributed by atoms with van der Waals surface area (Å²) in [6.07, 6.45) is 0. The normalized spacial score (nSPS) is 15.6. The third-order valence-electron chi connectivity index (χ3n) is 6.00. The number of hydrogen-bond donors (Lipinski definition) is 1. The van der Waals surface area contributed by atoms with Gasteiger partial charge in [0, 0.05) is 11.3 Å². The first-order valence-electron chi connectivity index (χ1n) is 11.2. The van der Waals surface area contributed by atoms with Crippen LogP contribution in [0.25, 0.3) is 17.0 Å². The molecule has 0 bridgehead atoms. The second-order valence-corrected chi connectivity index (χ2v) is 8.12. The number of allylic oxidation sites excluding steroid dienone is 1. The Morgan fingerprint density at radius 1 is 0.972 bits per heavy atom. The lowest BCUT2D eigenvalue weighted by Crippen LogP contribution is -2.46. The molecule has 0 radical (unpaired) electrons. The van der Waals surface area contributed by atoms with E-state index in [1.54, 1.807) is 69.7 Å². The van der Waals surface area contributed by atoms with Crippen LogP contribution < -0.4 is 19.7 Å². The number of carbonyl (C=O) groups is 1. The number of anilines is 1. The summed E-state index contributed by atoms with van der Waals surface area (Å²) in [5.74, 6) is 1.54. The van der Waals surface area contributed by atoms with E-state index in [1.807, 2.05) is 12.1 Å². The molecule has 2 amide bonds. The van der Waals surface area contributed by atoms with Gasteiger partial charge in [0.25, 0.3) is 5.89 Å². The molecule has 0 saturated carbocycles. The molecule has 5 rings (SSSR count). The standard InChI is InChI=1S/C27H23FN4O4/c1-16-23(26-30-25(31-36-26)17-7-11-21(34-2)12-8-17)24(18-5-4-6-19(28)15-18)29-27(33)32(16)20-9-13-22(35-3)14-10-20/h4-15,24H,1-3H3,(H,29,33). The SMILES string of the molecule is COc1ccc(-c2noc(C3=C(C)N(c4ccc(OC)cc4)C(=O)NC3c3cccc(F)c3)n2)cc1. The molecule has 2 heterocycles. The Morgan fingerprint density at radius 2 is 1.64 bits per heavy atom. The molecular weight excluding hydrogens is 463 g/mol. The van der Waals surface area contributed by atoms with Crippen LogP contribution in [0.3, 0.4) is 0 Å². The zero-order valence-corrected chi connectivity index (χ0v) is 19.9. The lowest BCUT2D eigenvalue weighted by molar-refractivity contribution is 0.244. The number of halogens is 1. The molecular formula is C27H23FN4O4. The highest BCUT2D eigenvalue weighted by Gasteiger charge is 2.36. The first-order valence-corrected chi connectivity index (χ1v) is 11.2. The topological polar surface area (TPSA) is 89.7 Å². The van der Waals surface area contributed by atoms with Crippen molar-refractivity contribution in [2.24, 2.45) is 0 Å². The maximum absolute atomic E-state index is 14.1. The number of rotatable bonds is 6. The van der Waals surface area contributed by atoms with Gasteiger partial charge in [0.05, 0.1) is 31.5 Å². The summed E-state index contributed by atoms with van der Waals surface area (Å²) in [7, 11) is 3.17. The summed E-state index contributed by atoms with van der Waals surface area (Å²) >= 11 is 0. The van der Waals surface area contributed by atoms with Crippen molar-refractivity contribution in [1.29, 1.82) is 0 Å². The molecule has 0 fully saturated rings. The van der Waals surface area contributed by atoms with E-state index in [1.165, 1.54) is 17.0 Å². The van der Waals surface area contributed by atoms with Gasteiger partial charge in [0.15, 0.2) is 0 Å². The van der Waals surface area contributed by atoms with Gasteiger partial charge in [-0.3, -0.25) is 4.90 Å². The molecule has 1 atom stereocenters. The van der Waals surface area contributed by atoms with Gasteiger partial charge >= 0.3 is 6.03 Å². The number of nitrogens with one attached hydrogen (secondary N) is 1. The lowest BCUT2D eigenvalue weighted by Gasteiger charge is -2.35. The third-order valence-corrected chi connectivity index (χ3v) is 6.00. The van der Waals surface area contributed by atoms with Gasteiger partial charge in [-0.05, 0) is 73.2 Å². The highest BCUT2D eigenvalue weighted by molar-refractivity contribution is 6.01. The summed E-state index contributed by atoms with van der Waals surface area (Å²) in [4.78, 5) is 19.4. The maximum atomic E-state index is 14.1. The first-order chi connectivity index (χ1) is 17.5. The second-order valence-electron chi connectivity index (χ2n) is 8.12. The Labute approximate surface area is 207 Å². The number of hydrogen-bond acceptors (Lipinski definition) is 6. The highest BCUT2D eigenvalue weighted by atomic mass is 19.1. The zero-order valence-electron chi connectivity index (χ0n) is 19.9. The van der Waals surface area contributed by atoms with Crippen molar-refractivity contribution in [3.63, 3.8) is 0 Å². The molecule has 4 aromatic rings.